The number of benzene rings is 1. The lowest BCUT2D eigenvalue weighted by molar-refractivity contribution is -0.140. The molecule has 0 radical (unpaired) electrons. The Morgan fingerprint density at radius 2 is 1.95 bits per heavy atom. The summed E-state index contributed by atoms with van der Waals surface area (Å²) in [6.07, 6.45) is 1.55. The molecule has 3 amide bonds. The highest BCUT2D eigenvalue weighted by molar-refractivity contribution is 8.14. The number of halogens is 3. The molecule has 2 saturated carbocycles. The number of rotatable bonds is 13. The fourth-order valence-electron chi connectivity index (χ4n) is 6.10. The minimum Gasteiger partial charge on any atom is -0.446 e. The molecule has 4 rings (SSSR count). The molecule has 5 atom stereocenters. The van der Waals surface area contributed by atoms with E-state index in [-0.39, 0.29) is 41.8 Å². The largest absolute Gasteiger partial charge is 0.446 e. The summed E-state index contributed by atoms with van der Waals surface area (Å²) in [7, 11) is 1.70. The summed E-state index contributed by atoms with van der Waals surface area (Å²) in [5.74, 6) is -1.05. The first-order valence-electron chi connectivity index (χ1n) is 15.1. The van der Waals surface area contributed by atoms with Gasteiger partial charge in [0.05, 0.1) is 28.1 Å². The van der Waals surface area contributed by atoms with E-state index in [9.17, 15) is 27.6 Å². The second kappa shape index (κ2) is 14.2. The van der Waals surface area contributed by atoms with Crippen LogP contribution >= 0.6 is 11.8 Å². The number of thioether (sulfide) groups is 1. The van der Waals surface area contributed by atoms with Gasteiger partial charge in [0.1, 0.15) is 6.10 Å². The van der Waals surface area contributed by atoms with E-state index in [1.807, 2.05) is 19.1 Å². The van der Waals surface area contributed by atoms with Crippen molar-refractivity contribution in [3.63, 3.8) is 0 Å². The molecule has 1 aromatic carbocycles. The second-order valence-corrected chi connectivity index (χ2v) is 12.8. The third-order valence-corrected chi connectivity index (χ3v) is 9.81. The average molecular weight is 635 g/mol. The van der Waals surface area contributed by atoms with Crippen molar-refractivity contribution in [3.05, 3.63) is 54.6 Å². The van der Waals surface area contributed by atoms with Gasteiger partial charge in [-0.15, -0.1) is 24.9 Å². The van der Waals surface area contributed by atoms with Crippen LogP contribution in [0.15, 0.2) is 48.5 Å². The Morgan fingerprint density at radius 1 is 1.20 bits per heavy atom. The summed E-state index contributed by atoms with van der Waals surface area (Å²) >= 11 is 1.39. The number of carbonyl (C=O) groups is 3. The maximum Gasteiger partial charge on any atom is 0.416 e. The van der Waals surface area contributed by atoms with Gasteiger partial charge in [0.15, 0.2) is 0 Å². The smallest absolute Gasteiger partial charge is 0.416 e. The van der Waals surface area contributed by atoms with Crippen LogP contribution in [0.5, 0.6) is 0 Å². The van der Waals surface area contributed by atoms with Crippen LogP contribution in [0.25, 0.3) is 0 Å². The minimum atomic E-state index is -4.61. The van der Waals surface area contributed by atoms with Gasteiger partial charge in [0.25, 0.3) is 0 Å². The van der Waals surface area contributed by atoms with E-state index in [0.717, 1.165) is 44.2 Å². The first-order chi connectivity index (χ1) is 20.9. The number of aliphatic imine (C=N–C) groups is 1. The van der Waals surface area contributed by atoms with E-state index in [4.69, 9.17) is 4.74 Å². The van der Waals surface area contributed by atoms with Crippen LogP contribution in [0.4, 0.5) is 23.7 Å². The van der Waals surface area contributed by atoms with Gasteiger partial charge in [-0.3, -0.25) is 19.9 Å². The fraction of sp³-hybridized carbons (Fsp3) is 0.562. The minimum absolute atomic E-state index is 0.0637. The first-order valence-corrected chi connectivity index (χ1v) is 16.1. The van der Waals surface area contributed by atoms with Gasteiger partial charge < -0.3 is 15.0 Å². The van der Waals surface area contributed by atoms with Crippen molar-refractivity contribution in [2.24, 2.45) is 22.7 Å². The summed E-state index contributed by atoms with van der Waals surface area (Å²) in [5, 5.41) is 6.16. The number of carbonyl (C=O) groups excluding carboxylic acids is 3. The molecule has 12 heteroatoms. The van der Waals surface area contributed by atoms with E-state index in [0.29, 0.717) is 29.4 Å². The second-order valence-electron chi connectivity index (χ2n) is 11.7. The quantitative estimate of drug-likeness (QED) is 0.193. The highest BCUT2D eigenvalue weighted by Crippen LogP contribution is 2.48. The summed E-state index contributed by atoms with van der Waals surface area (Å²) in [4.78, 5) is 46.2. The van der Waals surface area contributed by atoms with Crippen molar-refractivity contribution < 1.29 is 32.3 Å². The Bertz CT molecular complexity index is 1300. The Hall–Kier alpha value is -3.28. The van der Waals surface area contributed by atoms with Crippen LogP contribution in [-0.4, -0.2) is 65.4 Å². The molecule has 0 unspecified atom stereocenters. The van der Waals surface area contributed by atoms with Crippen LogP contribution in [0, 0.1) is 17.8 Å². The van der Waals surface area contributed by atoms with E-state index in [1.165, 1.54) is 17.8 Å². The van der Waals surface area contributed by atoms with Crippen LogP contribution in [0.2, 0.25) is 0 Å². The van der Waals surface area contributed by atoms with E-state index < -0.39 is 35.8 Å². The van der Waals surface area contributed by atoms with Gasteiger partial charge >= 0.3 is 12.3 Å². The Morgan fingerprint density at radius 3 is 2.57 bits per heavy atom. The van der Waals surface area contributed by atoms with Crippen LogP contribution in [0.3, 0.4) is 0 Å². The molecule has 1 aliphatic heterocycles. The summed E-state index contributed by atoms with van der Waals surface area (Å²) in [6.45, 7) is 10.6. The maximum absolute atomic E-state index is 13.6. The molecule has 44 heavy (non-hydrogen) atoms. The van der Waals surface area contributed by atoms with Crippen LogP contribution in [0.1, 0.15) is 63.0 Å². The van der Waals surface area contributed by atoms with Crippen LogP contribution in [-0.2, 0) is 20.5 Å². The van der Waals surface area contributed by atoms with Crippen molar-refractivity contribution >= 4 is 40.4 Å². The number of ether oxygens (including phenoxy) is 1. The van der Waals surface area contributed by atoms with Crippen molar-refractivity contribution in [2.75, 3.05) is 31.2 Å². The number of anilines is 1. The molecule has 2 N–H and O–H groups in total. The number of amides is 3. The third-order valence-electron chi connectivity index (χ3n) is 8.80. The molecule has 0 aromatic heterocycles. The zero-order valence-electron chi connectivity index (χ0n) is 25.3. The molecule has 0 spiro atoms. The number of unbranched alkanes of at least 4 members (excludes halogenated alkanes) is 2. The zero-order valence-corrected chi connectivity index (χ0v) is 26.1. The SMILES string of the molecule is C=CCCCCN(C)C(=O)[C@@H]1C[C@H](OC(=O)Nc2cc(C(F)(F)F)ccc2C2=NCCS2)C[C@H]1C(=O)N[C@]1(CC)C[C@H]1C=C. The van der Waals surface area contributed by atoms with Gasteiger partial charge in [0.2, 0.25) is 11.8 Å². The topological polar surface area (TPSA) is 100 Å². The van der Waals surface area contributed by atoms with Gasteiger partial charge in [-0.25, -0.2) is 4.79 Å². The van der Waals surface area contributed by atoms with Crippen molar-refractivity contribution in [3.8, 4) is 0 Å². The van der Waals surface area contributed by atoms with Gasteiger partial charge in [0, 0.05) is 42.9 Å². The number of allylic oxidation sites excluding steroid dienone is 1. The molecule has 2 aliphatic carbocycles. The monoisotopic (exact) mass is 634 g/mol. The predicted octanol–water partition coefficient (Wildman–Crippen LogP) is 6.43. The molecule has 1 aromatic rings. The Labute approximate surface area is 260 Å². The Kier molecular flexibility index (Phi) is 10.9. The lowest BCUT2D eigenvalue weighted by Crippen LogP contribution is -2.45. The lowest BCUT2D eigenvalue weighted by Gasteiger charge is -2.26. The molecular formula is C32H41F3N4O4S. The third kappa shape index (κ3) is 7.86. The normalized spacial score (nSPS) is 26.0. The first kappa shape index (κ1) is 33.6. The van der Waals surface area contributed by atoms with E-state index in [1.54, 1.807) is 11.9 Å². The Balaban J connectivity index is 1.49. The summed E-state index contributed by atoms with van der Waals surface area (Å²) in [6, 6.07) is 3.12. The summed E-state index contributed by atoms with van der Waals surface area (Å²) < 4.78 is 46.1. The fourth-order valence-corrected chi connectivity index (χ4v) is 6.99. The maximum atomic E-state index is 13.6. The molecular weight excluding hydrogens is 593 g/mol. The molecule has 0 saturated heterocycles. The highest BCUT2D eigenvalue weighted by atomic mass is 32.2. The van der Waals surface area contributed by atoms with Gasteiger partial charge in [-0.2, -0.15) is 13.2 Å². The number of hydrogen-bond donors (Lipinski definition) is 2. The van der Waals surface area contributed by atoms with Gasteiger partial charge in [-0.05, 0) is 63.1 Å². The van der Waals surface area contributed by atoms with E-state index >= 15 is 0 Å². The molecule has 0 bridgehead atoms. The van der Waals surface area contributed by atoms with Gasteiger partial charge in [-0.1, -0.05) is 19.1 Å². The zero-order chi connectivity index (χ0) is 32.1. The molecule has 2 fully saturated rings. The van der Waals surface area contributed by atoms with Crippen molar-refractivity contribution in [2.45, 2.75) is 69.7 Å². The molecule has 3 aliphatic rings. The molecule has 1 heterocycles. The van der Waals surface area contributed by atoms with Crippen molar-refractivity contribution in [1.29, 1.82) is 0 Å². The molecule has 240 valence electrons. The number of nitrogens with zero attached hydrogens (tertiary/aromatic N) is 2. The average Bonchev–Trinajstić information content (AvgIpc) is 3.29. The predicted molar refractivity (Wildman–Crippen MR) is 167 cm³/mol. The van der Waals surface area contributed by atoms with E-state index in [2.05, 4.69) is 28.8 Å². The summed E-state index contributed by atoms with van der Waals surface area (Å²) in [5.41, 5.74) is -0.993. The number of alkyl halides is 3. The number of hydrogen-bond acceptors (Lipinski definition) is 6. The standard InChI is InChI=1S/C32H41F3N4O4S/c1-5-8-9-10-14-39(4)29(41)25-18-22(17-24(25)27(40)38-31(7-3)19-20(31)6-2)43-30(42)37-26-16-21(32(33,34)35)11-12-23(26)28-36-13-15-44-28/h5-6,11-12,16,20,22,24-25H,1-2,7-10,13-15,17-19H2,3-4H3,(H,37,42)(H,38,40)/t20-,22-,24-,25-,31-/m1/s1. The lowest BCUT2D eigenvalue weighted by atomic mass is 9.93. The van der Waals surface area contributed by atoms with Crippen LogP contribution < -0.4 is 10.6 Å². The van der Waals surface area contributed by atoms with Crippen molar-refractivity contribution in [1.82, 2.24) is 10.2 Å². The number of nitrogens with one attached hydrogen (secondary N) is 2. The molecule has 8 nitrogen and oxygen atoms in total. The highest BCUT2D eigenvalue weighted by Gasteiger charge is 2.54.